The highest BCUT2D eigenvalue weighted by Gasteiger charge is 2.38. The summed E-state index contributed by atoms with van der Waals surface area (Å²) in [5.74, 6) is -1.07. The van der Waals surface area contributed by atoms with Gasteiger partial charge in [-0.25, -0.2) is 0 Å². The summed E-state index contributed by atoms with van der Waals surface area (Å²) in [5.41, 5.74) is -0.736. The average molecular weight is 269 g/mol. The summed E-state index contributed by atoms with van der Waals surface area (Å²) in [4.78, 5) is 23.7. The molecular weight excluding hydrogens is 254 g/mol. The van der Waals surface area contributed by atoms with Crippen LogP contribution in [0, 0.1) is 0 Å². The molecule has 0 saturated carbocycles. The van der Waals surface area contributed by atoms with Crippen LogP contribution in [0.2, 0.25) is 0 Å². The van der Waals surface area contributed by atoms with Crippen LogP contribution >= 0.6 is 11.3 Å². The van der Waals surface area contributed by atoms with Crippen molar-refractivity contribution in [3.63, 3.8) is 0 Å². The van der Waals surface area contributed by atoms with Crippen molar-refractivity contribution in [1.82, 2.24) is 5.32 Å². The molecule has 1 aliphatic heterocycles. The molecular formula is C12H15NO4S. The van der Waals surface area contributed by atoms with Gasteiger partial charge in [0, 0.05) is 11.5 Å². The lowest BCUT2D eigenvalue weighted by molar-refractivity contribution is -0.139. The van der Waals surface area contributed by atoms with Gasteiger partial charge in [-0.1, -0.05) is 6.07 Å². The van der Waals surface area contributed by atoms with Gasteiger partial charge in [0.1, 0.15) is 0 Å². The topological polar surface area (TPSA) is 75.6 Å². The SMILES string of the molecule is O=C(O)CC1(NC(=O)Cc2cccs2)CCOC1. The second-order valence-electron chi connectivity index (χ2n) is 4.46. The maximum Gasteiger partial charge on any atom is 0.305 e. The van der Waals surface area contributed by atoms with Gasteiger partial charge < -0.3 is 15.2 Å². The van der Waals surface area contributed by atoms with E-state index in [0.29, 0.717) is 19.4 Å². The van der Waals surface area contributed by atoms with Crippen molar-refractivity contribution in [3.05, 3.63) is 22.4 Å². The molecule has 2 heterocycles. The summed E-state index contributed by atoms with van der Waals surface area (Å²) in [5, 5.41) is 13.6. The van der Waals surface area contributed by atoms with Crippen LogP contribution in [0.15, 0.2) is 17.5 Å². The van der Waals surface area contributed by atoms with Crippen molar-refractivity contribution in [2.45, 2.75) is 24.8 Å². The van der Waals surface area contributed by atoms with Gasteiger partial charge in [-0.15, -0.1) is 11.3 Å². The highest BCUT2D eigenvalue weighted by Crippen LogP contribution is 2.23. The zero-order chi connectivity index (χ0) is 13.0. The zero-order valence-corrected chi connectivity index (χ0v) is 10.7. The van der Waals surface area contributed by atoms with E-state index in [-0.39, 0.29) is 18.9 Å². The van der Waals surface area contributed by atoms with E-state index in [1.807, 2.05) is 17.5 Å². The molecule has 1 atom stereocenters. The van der Waals surface area contributed by atoms with Crippen LogP contribution in [0.5, 0.6) is 0 Å². The second kappa shape index (κ2) is 5.49. The lowest BCUT2D eigenvalue weighted by Crippen LogP contribution is -2.50. The van der Waals surface area contributed by atoms with Crippen molar-refractivity contribution < 1.29 is 19.4 Å². The first-order chi connectivity index (χ1) is 8.60. The summed E-state index contributed by atoms with van der Waals surface area (Å²) < 4.78 is 5.22. The van der Waals surface area contributed by atoms with Gasteiger partial charge in [-0.05, 0) is 17.9 Å². The van der Waals surface area contributed by atoms with E-state index in [0.717, 1.165) is 4.88 Å². The monoisotopic (exact) mass is 269 g/mol. The molecule has 1 fully saturated rings. The van der Waals surface area contributed by atoms with Gasteiger partial charge in [0.2, 0.25) is 5.91 Å². The lowest BCUT2D eigenvalue weighted by atomic mass is 9.94. The maximum atomic E-state index is 11.9. The minimum atomic E-state index is -0.920. The van der Waals surface area contributed by atoms with Crippen molar-refractivity contribution in [3.8, 4) is 0 Å². The number of rotatable bonds is 5. The van der Waals surface area contributed by atoms with Crippen molar-refractivity contribution in [2.75, 3.05) is 13.2 Å². The minimum Gasteiger partial charge on any atom is -0.481 e. The molecule has 0 radical (unpaired) electrons. The van der Waals surface area contributed by atoms with E-state index in [4.69, 9.17) is 9.84 Å². The van der Waals surface area contributed by atoms with Gasteiger partial charge in [-0.3, -0.25) is 9.59 Å². The minimum absolute atomic E-state index is 0.0941. The first kappa shape index (κ1) is 13.0. The van der Waals surface area contributed by atoms with Crippen LogP contribution < -0.4 is 5.32 Å². The van der Waals surface area contributed by atoms with E-state index in [9.17, 15) is 9.59 Å². The first-order valence-corrected chi connectivity index (χ1v) is 6.61. The molecule has 5 nitrogen and oxygen atoms in total. The molecule has 1 saturated heterocycles. The summed E-state index contributed by atoms with van der Waals surface area (Å²) in [7, 11) is 0. The Labute approximate surface area is 109 Å². The molecule has 0 aliphatic carbocycles. The van der Waals surface area contributed by atoms with Crippen LogP contribution in [0.3, 0.4) is 0 Å². The van der Waals surface area contributed by atoms with Crippen LogP contribution in [0.25, 0.3) is 0 Å². The van der Waals surface area contributed by atoms with Crippen LogP contribution in [0.4, 0.5) is 0 Å². The second-order valence-corrected chi connectivity index (χ2v) is 5.49. The van der Waals surface area contributed by atoms with Gasteiger partial charge in [0.25, 0.3) is 0 Å². The van der Waals surface area contributed by atoms with Crippen molar-refractivity contribution >= 4 is 23.2 Å². The van der Waals surface area contributed by atoms with Gasteiger partial charge in [0.15, 0.2) is 0 Å². The number of carbonyl (C=O) groups excluding carboxylic acids is 1. The Morgan fingerprint density at radius 3 is 2.94 bits per heavy atom. The fourth-order valence-corrected chi connectivity index (χ4v) is 2.79. The molecule has 2 N–H and O–H groups in total. The van der Waals surface area contributed by atoms with Gasteiger partial charge in [0.05, 0.1) is 25.0 Å². The quantitative estimate of drug-likeness (QED) is 0.837. The number of ether oxygens (including phenoxy) is 1. The van der Waals surface area contributed by atoms with Gasteiger partial charge in [-0.2, -0.15) is 0 Å². The number of carbonyl (C=O) groups is 2. The molecule has 1 aliphatic rings. The van der Waals surface area contributed by atoms with Crippen molar-refractivity contribution in [1.29, 1.82) is 0 Å². The summed E-state index contributed by atoms with van der Waals surface area (Å²) in [6.45, 7) is 0.766. The predicted molar refractivity (Wildman–Crippen MR) is 66.6 cm³/mol. The zero-order valence-electron chi connectivity index (χ0n) is 9.85. The lowest BCUT2D eigenvalue weighted by Gasteiger charge is -2.26. The third kappa shape index (κ3) is 3.30. The third-order valence-electron chi connectivity index (χ3n) is 2.91. The highest BCUT2D eigenvalue weighted by atomic mass is 32.1. The molecule has 98 valence electrons. The fraction of sp³-hybridized carbons (Fsp3) is 0.500. The number of hydrogen-bond donors (Lipinski definition) is 2. The molecule has 6 heteroatoms. The Balaban J connectivity index is 1.96. The fourth-order valence-electron chi connectivity index (χ4n) is 2.09. The predicted octanol–water partition coefficient (Wildman–Crippen LogP) is 1.04. The molecule has 1 aromatic heterocycles. The summed E-state index contributed by atoms with van der Waals surface area (Å²) in [6, 6.07) is 3.78. The van der Waals surface area contributed by atoms with Crippen molar-refractivity contribution in [2.24, 2.45) is 0 Å². The van der Waals surface area contributed by atoms with E-state index >= 15 is 0 Å². The Bertz CT molecular complexity index is 423. The smallest absolute Gasteiger partial charge is 0.305 e. The molecule has 2 rings (SSSR count). The van der Waals surface area contributed by atoms with E-state index < -0.39 is 11.5 Å². The Morgan fingerprint density at radius 2 is 2.39 bits per heavy atom. The van der Waals surface area contributed by atoms with E-state index in [1.54, 1.807) is 0 Å². The molecule has 1 unspecified atom stereocenters. The molecule has 1 aromatic rings. The number of carboxylic acid groups (broad SMARTS) is 1. The Hall–Kier alpha value is -1.40. The molecule has 1 amide bonds. The van der Waals surface area contributed by atoms with E-state index in [2.05, 4.69) is 5.32 Å². The number of nitrogens with one attached hydrogen (secondary N) is 1. The van der Waals surface area contributed by atoms with Crippen LogP contribution in [-0.2, 0) is 20.7 Å². The maximum absolute atomic E-state index is 11.9. The largest absolute Gasteiger partial charge is 0.481 e. The number of amides is 1. The average Bonchev–Trinajstić information content (AvgIpc) is 2.89. The highest BCUT2D eigenvalue weighted by molar-refractivity contribution is 7.10. The number of hydrogen-bond acceptors (Lipinski definition) is 4. The summed E-state index contributed by atoms with van der Waals surface area (Å²) >= 11 is 1.51. The Morgan fingerprint density at radius 1 is 1.56 bits per heavy atom. The molecule has 0 bridgehead atoms. The van der Waals surface area contributed by atoms with Crippen LogP contribution in [-0.4, -0.2) is 35.7 Å². The number of carboxylic acids is 1. The normalized spacial score (nSPS) is 22.9. The number of aliphatic carboxylic acids is 1. The first-order valence-electron chi connectivity index (χ1n) is 5.73. The third-order valence-corrected chi connectivity index (χ3v) is 3.79. The molecule has 0 spiro atoms. The van der Waals surface area contributed by atoms with E-state index in [1.165, 1.54) is 11.3 Å². The molecule has 18 heavy (non-hydrogen) atoms. The van der Waals surface area contributed by atoms with Gasteiger partial charge >= 0.3 is 5.97 Å². The standard InChI is InChI=1S/C12H15NO4S/c14-10(6-9-2-1-5-18-9)13-12(7-11(15)16)3-4-17-8-12/h1-2,5H,3-4,6-8H2,(H,13,14)(H,15,16). The summed E-state index contributed by atoms with van der Waals surface area (Å²) in [6.07, 6.45) is 0.748. The van der Waals surface area contributed by atoms with Crippen LogP contribution in [0.1, 0.15) is 17.7 Å². The molecule has 0 aromatic carbocycles. The Kier molecular flexibility index (Phi) is 3.98. The number of thiophene rings is 1.